The molecule has 0 fully saturated rings. The maximum Gasteiger partial charge on any atom is 0.288 e. The van der Waals surface area contributed by atoms with Crippen LogP contribution in [0.1, 0.15) is 16.7 Å². The number of hydrogen-bond acceptors (Lipinski definition) is 4. The Hall–Kier alpha value is -3.22. The van der Waals surface area contributed by atoms with Crippen LogP contribution >= 0.6 is 23.2 Å². The average Bonchev–Trinajstić information content (AvgIpc) is 2.68. The smallest absolute Gasteiger partial charge is 0.258 e. The summed E-state index contributed by atoms with van der Waals surface area (Å²) in [5, 5.41) is 22.5. The van der Waals surface area contributed by atoms with E-state index >= 15 is 0 Å². The second-order valence-corrected chi connectivity index (χ2v) is 6.63. The van der Waals surface area contributed by atoms with Gasteiger partial charge in [0.05, 0.1) is 9.85 Å². The Balaban J connectivity index is 2.21. The van der Waals surface area contributed by atoms with Gasteiger partial charge in [0.1, 0.15) is 10.0 Å². The van der Waals surface area contributed by atoms with E-state index in [1.807, 2.05) is 30.3 Å². The molecule has 0 spiro atoms. The average molecular weight is 415 g/mol. The molecule has 140 valence electrons. The Morgan fingerprint density at radius 1 is 0.750 bits per heavy atom. The van der Waals surface area contributed by atoms with Crippen molar-refractivity contribution in [2.24, 2.45) is 0 Å². The molecule has 3 aromatic rings. The molecular formula is C20H12Cl2N2O4. The van der Waals surface area contributed by atoms with Gasteiger partial charge >= 0.3 is 0 Å². The molecular weight excluding hydrogens is 403 g/mol. The quantitative estimate of drug-likeness (QED) is 0.274. The molecule has 0 saturated carbocycles. The molecule has 0 saturated heterocycles. The Labute approximate surface area is 169 Å². The van der Waals surface area contributed by atoms with E-state index in [4.69, 9.17) is 23.2 Å². The van der Waals surface area contributed by atoms with E-state index in [1.54, 1.807) is 18.2 Å². The van der Waals surface area contributed by atoms with Gasteiger partial charge in [0.2, 0.25) is 0 Å². The van der Waals surface area contributed by atoms with Crippen LogP contribution in [-0.2, 0) is 0 Å². The molecule has 0 atom stereocenters. The topological polar surface area (TPSA) is 86.3 Å². The molecule has 0 aliphatic rings. The fraction of sp³-hybridized carbons (Fsp3) is 0. The van der Waals surface area contributed by atoms with Gasteiger partial charge in [-0.1, -0.05) is 65.7 Å². The molecule has 0 aromatic heterocycles. The molecule has 0 heterocycles. The van der Waals surface area contributed by atoms with Crippen LogP contribution in [0.4, 0.5) is 11.4 Å². The second kappa shape index (κ2) is 8.21. The third-order valence-corrected chi connectivity index (χ3v) is 4.66. The number of benzene rings is 3. The molecule has 8 heteroatoms. The maximum atomic E-state index is 11.3. The van der Waals surface area contributed by atoms with Gasteiger partial charge < -0.3 is 0 Å². The van der Waals surface area contributed by atoms with Crippen molar-refractivity contribution < 1.29 is 9.85 Å². The van der Waals surface area contributed by atoms with Gasteiger partial charge in [-0.05, 0) is 40.5 Å². The number of nitrogens with zero attached hydrogens (tertiary/aromatic N) is 2. The molecule has 28 heavy (non-hydrogen) atoms. The normalized spacial score (nSPS) is 11.3. The number of nitro groups is 2. The molecule has 0 aliphatic heterocycles. The highest BCUT2D eigenvalue weighted by molar-refractivity contribution is 6.33. The molecule has 0 bridgehead atoms. The van der Waals surface area contributed by atoms with E-state index in [1.165, 1.54) is 24.3 Å². The fourth-order valence-electron chi connectivity index (χ4n) is 2.70. The van der Waals surface area contributed by atoms with Crippen LogP contribution in [0.2, 0.25) is 10.0 Å². The monoisotopic (exact) mass is 414 g/mol. The van der Waals surface area contributed by atoms with Crippen LogP contribution in [-0.4, -0.2) is 9.85 Å². The predicted molar refractivity (Wildman–Crippen MR) is 110 cm³/mol. The first-order valence-electron chi connectivity index (χ1n) is 8.02. The molecule has 0 unspecified atom stereocenters. The van der Waals surface area contributed by atoms with E-state index in [-0.39, 0.29) is 21.4 Å². The summed E-state index contributed by atoms with van der Waals surface area (Å²) in [7, 11) is 0. The SMILES string of the molecule is O=[N+]([O-])c1cc(C=C(c2ccccc2)c2ccc(Cl)c([N+](=O)[O-])c2)ccc1Cl. The van der Waals surface area contributed by atoms with Crippen molar-refractivity contribution in [2.75, 3.05) is 0 Å². The maximum absolute atomic E-state index is 11.3. The highest BCUT2D eigenvalue weighted by Crippen LogP contribution is 2.33. The third kappa shape index (κ3) is 4.19. The third-order valence-electron chi connectivity index (χ3n) is 4.02. The van der Waals surface area contributed by atoms with Crippen LogP contribution < -0.4 is 0 Å². The van der Waals surface area contributed by atoms with E-state index in [0.29, 0.717) is 16.7 Å². The summed E-state index contributed by atoms with van der Waals surface area (Å²) < 4.78 is 0. The van der Waals surface area contributed by atoms with E-state index in [0.717, 1.165) is 5.56 Å². The molecule has 6 nitrogen and oxygen atoms in total. The molecule has 3 rings (SSSR count). The highest BCUT2D eigenvalue weighted by Gasteiger charge is 2.17. The molecule has 0 N–H and O–H groups in total. The standard InChI is InChI=1S/C20H12Cl2N2O4/c21-17-8-6-13(11-19(17)23(25)26)10-16(14-4-2-1-3-5-14)15-7-9-18(22)20(12-15)24(27)28/h1-12H. The Morgan fingerprint density at radius 2 is 1.32 bits per heavy atom. The highest BCUT2D eigenvalue weighted by atomic mass is 35.5. The summed E-state index contributed by atoms with van der Waals surface area (Å²) >= 11 is 11.8. The van der Waals surface area contributed by atoms with E-state index in [9.17, 15) is 20.2 Å². The fourth-order valence-corrected chi connectivity index (χ4v) is 3.07. The summed E-state index contributed by atoms with van der Waals surface area (Å²) in [6.45, 7) is 0. The zero-order valence-corrected chi connectivity index (χ0v) is 15.7. The van der Waals surface area contributed by atoms with Crippen LogP contribution in [0.25, 0.3) is 11.6 Å². The lowest BCUT2D eigenvalue weighted by Gasteiger charge is -2.10. The lowest BCUT2D eigenvalue weighted by atomic mass is 9.95. The van der Waals surface area contributed by atoms with Gasteiger partial charge in [0.15, 0.2) is 0 Å². The van der Waals surface area contributed by atoms with E-state index in [2.05, 4.69) is 0 Å². The first kappa shape index (κ1) is 19.5. The van der Waals surface area contributed by atoms with Crippen LogP contribution in [0, 0.1) is 20.2 Å². The van der Waals surface area contributed by atoms with Crippen molar-refractivity contribution in [3.8, 4) is 0 Å². The van der Waals surface area contributed by atoms with Crippen molar-refractivity contribution in [2.45, 2.75) is 0 Å². The van der Waals surface area contributed by atoms with E-state index < -0.39 is 9.85 Å². The predicted octanol–water partition coefficient (Wildman–Crippen LogP) is 6.40. The van der Waals surface area contributed by atoms with Crippen molar-refractivity contribution in [3.63, 3.8) is 0 Å². The van der Waals surface area contributed by atoms with Gasteiger partial charge in [-0.15, -0.1) is 0 Å². The Bertz CT molecular complexity index is 1100. The number of halogens is 2. The number of hydrogen-bond donors (Lipinski definition) is 0. The van der Waals surface area contributed by atoms with Crippen LogP contribution in [0.15, 0.2) is 66.7 Å². The largest absolute Gasteiger partial charge is 0.288 e. The van der Waals surface area contributed by atoms with Crippen molar-refractivity contribution in [1.82, 2.24) is 0 Å². The molecule has 0 amide bonds. The summed E-state index contributed by atoms with van der Waals surface area (Å²) in [6.07, 6.45) is 1.71. The van der Waals surface area contributed by atoms with Crippen LogP contribution in [0.5, 0.6) is 0 Å². The minimum absolute atomic E-state index is 0.0308. The lowest BCUT2D eigenvalue weighted by molar-refractivity contribution is -0.384. The zero-order valence-electron chi connectivity index (χ0n) is 14.2. The number of rotatable bonds is 5. The molecule has 0 radical (unpaired) electrons. The van der Waals surface area contributed by atoms with Gasteiger partial charge in [0.25, 0.3) is 11.4 Å². The first-order chi connectivity index (χ1) is 13.4. The van der Waals surface area contributed by atoms with Gasteiger partial charge in [-0.3, -0.25) is 20.2 Å². The molecule has 3 aromatic carbocycles. The minimum Gasteiger partial charge on any atom is -0.258 e. The van der Waals surface area contributed by atoms with Gasteiger partial charge in [-0.2, -0.15) is 0 Å². The summed E-state index contributed by atoms with van der Waals surface area (Å²) in [6, 6.07) is 18.1. The van der Waals surface area contributed by atoms with Crippen molar-refractivity contribution in [3.05, 3.63) is 114 Å². The van der Waals surface area contributed by atoms with Gasteiger partial charge in [0, 0.05) is 12.1 Å². The summed E-state index contributed by atoms with van der Waals surface area (Å²) in [5.74, 6) is 0. The first-order valence-corrected chi connectivity index (χ1v) is 8.78. The lowest BCUT2D eigenvalue weighted by Crippen LogP contribution is -1.94. The van der Waals surface area contributed by atoms with Crippen LogP contribution in [0.3, 0.4) is 0 Å². The van der Waals surface area contributed by atoms with Crippen molar-refractivity contribution >= 4 is 46.2 Å². The zero-order chi connectivity index (χ0) is 20.3. The second-order valence-electron chi connectivity index (χ2n) is 5.82. The summed E-state index contributed by atoms with van der Waals surface area (Å²) in [4.78, 5) is 21.3. The Morgan fingerprint density at radius 3 is 1.93 bits per heavy atom. The van der Waals surface area contributed by atoms with Crippen molar-refractivity contribution in [1.29, 1.82) is 0 Å². The minimum atomic E-state index is -0.561. The number of nitro benzene ring substituents is 2. The molecule has 0 aliphatic carbocycles. The Kier molecular flexibility index (Phi) is 5.73. The van der Waals surface area contributed by atoms with Gasteiger partial charge in [-0.25, -0.2) is 0 Å². The summed E-state index contributed by atoms with van der Waals surface area (Å²) in [5.41, 5.74) is 2.09.